The van der Waals surface area contributed by atoms with Crippen molar-refractivity contribution in [3.63, 3.8) is 0 Å². The van der Waals surface area contributed by atoms with E-state index in [0.717, 1.165) is 0 Å². The molecule has 0 aromatic carbocycles. The number of aryl methyl sites for hydroxylation is 1. The minimum absolute atomic E-state index is 0.00191. The number of rotatable bonds is 3. The van der Waals surface area contributed by atoms with Crippen LogP contribution in [0, 0.1) is 17.0 Å². The van der Waals surface area contributed by atoms with Crippen LogP contribution in [-0.4, -0.2) is 28.4 Å². The van der Waals surface area contributed by atoms with Crippen molar-refractivity contribution in [1.82, 2.24) is 10.3 Å². The molecule has 7 nitrogen and oxygen atoms in total. The predicted octanol–water partition coefficient (Wildman–Crippen LogP) is 0.599. The molecular formula is C10H12N4O3. The molecule has 1 unspecified atom stereocenters. The highest BCUT2D eigenvalue weighted by Crippen LogP contribution is 2.19. The first-order chi connectivity index (χ1) is 8.06. The van der Waals surface area contributed by atoms with Crippen molar-refractivity contribution in [2.45, 2.75) is 19.4 Å². The zero-order valence-electron chi connectivity index (χ0n) is 9.27. The minimum Gasteiger partial charge on any atom is -0.365 e. The van der Waals surface area contributed by atoms with Gasteiger partial charge in [0.2, 0.25) is 5.91 Å². The summed E-state index contributed by atoms with van der Waals surface area (Å²) in [6, 6.07) is 1.45. The monoisotopic (exact) mass is 236 g/mol. The van der Waals surface area contributed by atoms with Crippen molar-refractivity contribution in [2.75, 3.05) is 11.9 Å². The minimum atomic E-state index is -0.482. The Labute approximate surface area is 97.4 Å². The molecule has 0 aliphatic carbocycles. The molecule has 1 amide bonds. The Morgan fingerprint density at radius 1 is 1.65 bits per heavy atom. The first-order valence-electron chi connectivity index (χ1n) is 5.20. The average Bonchev–Trinajstić information content (AvgIpc) is 2.67. The van der Waals surface area contributed by atoms with E-state index in [1.54, 1.807) is 6.92 Å². The van der Waals surface area contributed by atoms with Crippen molar-refractivity contribution < 1.29 is 9.72 Å². The summed E-state index contributed by atoms with van der Waals surface area (Å²) in [6.07, 6.45) is 1.61. The number of nitro groups is 1. The highest BCUT2D eigenvalue weighted by Gasteiger charge is 2.22. The summed E-state index contributed by atoms with van der Waals surface area (Å²) in [5.74, 6) is 0.583. The van der Waals surface area contributed by atoms with Gasteiger partial charge >= 0.3 is 0 Å². The van der Waals surface area contributed by atoms with Crippen molar-refractivity contribution in [3.8, 4) is 0 Å². The van der Waals surface area contributed by atoms with Gasteiger partial charge in [0.1, 0.15) is 12.0 Å². The summed E-state index contributed by atoms with van der Waals surface area (Å²) in [4.78, 5) is 25.1. The van der Waals surface area contributed by atoms with Gasteiger partial charge in [0.15, 0.2) is 0 Å². The summed E-state index contributed by atoms with van der Waals surface area (Å²) in [5.41, 5.74) is 0.659. The zero-order valence-corrected chi connectivity index (χ0v) is 9.27. The maximum absolute atomic E-state index is 11.0. The van der Waals surface area contributed by atoms with Gasteiger partial charge in [-0.1, -0.05) is 0 Å². The lowest BCUT2D eigenvalue weighted by Crippen LogP contribution is -2.23. The Morgan fingerprint density at radius 2 is 2.41 bits per heavy atom. The fourth-order valence-corrected chi connectivity index (χ4v) is 1.71. The molecule has 1 fully saturated rings. The molecule has 90 valence electrons. The van der Waals surface area contributed by atoms with E-state index < -0.39 is 4.92 Å². The standard InChI is InChI=1S/C10H12N4O3/c1-6-2-8(14(16)17)5-12-10(6)13-7-3-9(15)11-4-7/h2,5,7H,3-4H2,1H3,(H,11,15)(H,12,13). The predicted molar refractivity (Wildman–Crippen MR) is 60.7 cm³/mol. The van der Waals surface area contributed by atoms with Gasteiger partial charge in [0.05, 0.1) is 11.0 Å². The Bertz CT molecular complexity index is 475. The number of nitrogens with zero attached hydrogens (tertiary/aromatic N) is 2. The van der Waals surface area contributed by atoms with E-state index in [9.17, 15) is 14.9 Å². The maximum atomic E-state index is 11.0. The fourth-order valence-electron chi connectivity index (χ4n) is 1.71. The van der Waals surface area contributed by atoms with Gasteiger partial charge in [-0.3, -0.25) is 14.9 Å². The quantitative estimate of drug-likeness (QED) is 0.591. The molecule has 0 spiro atoms. The van der Waals surface area contributed by atoms with E-state index in [-0.39, 0.29) is 17.6 Å². The first kappa shape index (κ1) is 11.3. The van der Waals surface area contributed by atoms with Crippen molar-refractivity contribution in [2.24, 2.45) is 0 Å². The average molecular weight is 236 g/mol. The second-order valence-corrected chi connectivity index (χ2v) is 3.97. The molecule has 1 saturated heterocycles. The second-order valence-electron chi connectivity index (χ2n) is 3.97. The number of carbonyl (C=O) groups is 1. The molecule has 17 heavy (non-hydrogen) atoms. The van der Waals surface area contributed by atoms with Crippen LogP contribution in [0.1, 0.15) is 12.0 Å². The van der Waals surface area contributed by atoms with Gasteiger partial charge in [-0.05, 0) is 12.5 Å². The number of hydrogen-bond acceptors (Lipinski definition) is 5. The van der Waals surface area contributed by atoms with Crippen LogP contribution in [0.2, 0.25) is 0 Å². The Balaban J connectivity index is 2.11. The summed E-state index contributed by atoms with van der Waals surface area (Å²) in [7, 11) is 0. The van der Waals surface area contributed by atoms with E-state index in [2.05, 4.69) is 15.6 Å². The fraction of sp³-hybridized carbons (Fsp3) is 0.400. The molecule has 1 aromatic heterocycles. The van der Waals surface area contributed by atoms with Gasteiger partial charge in [-0.15, -0.1) is 0 Å². The molecule has 7 heteroatoms. The molecule has 2 heterocycles. The third-order valence-corrected chi connectivity index (χ3v) is 2.59. The Hall–Kier alpha value is -2.18. The van der Waals surface area contributed by atoms with Crippen molar-refractivity contribution >= 4 is 17.4 Å². The third-order valence-electron chi connectivity index (χ3n) is 2.59. The van der Waals surface area contributed by atoms with E-state index in [1.807, 2.05) is 0 Å². The lowest BCUT2D eigenvalue weighted by molar-refractivity contribution is -0.385. The lowest BCUT2D eigenvalue weighted by atomic mass is 10.2. The number of nitrogens with one attached hydrogen (secondary N) is 2. The summed E-state index contributed by atoms with van der Waals surface area (Å²) < 4.78 is 0. The molecule has 1 aromatic rings. The highest BCUT2D eigenvalue weighted by molar-refractivity contribution is 5.79. The molecule has 1 aliphatic rings. The number of aromatic nitrogens is 1. The normalized spacial score (nSPS) is 18.9. The molecule has 0 saturated carbocycles. The Morgan fingerprint density at radius 3 is 2.94 bits per heavy atom. The largest absolute Gasteiger partial charge is 0.365 e. The van der Waals surface area contributed by atoms with Crippen LogP contribution >= 0.6 is 0 Å². The summed E-state index contributed by atoms with van der Waals surface area (Å²) in [5, 5.41) is 16.3. The summed E-state index contributed by atoms with van der Waals surface area (Å²) >= 11 is 0. The van der Waals surface area contributed by atoms with Crippen LogP contribution in [0.5, 0.6) is 0 Å². The van der Waals surface area contributed by atoms with Crippen molar-refractivity contribution in [3.05, 3.63) is 27.9 Å². The lowest BCUT2D eigenvalue weighted by Gasteiger charge is -2.12. The van der Waals surface area contributed by atoms with Crippen LogP contribution in [0.3, 0.4) is 0 Å². The molecule has 0 bridgehead atoms. The van der Waals surface area contributed by atoms with E-state index in [0.29, 0.717) is 24.3 Å². The van der Waals surface area contributed by atoms with Crippen LogP contribution in [0.25, 0.3) is 0 Å². The number of hydrogen-bond donors (Lipinski definition) is 2. The maximum Gasteiger partial charge on any atom is 0.287 e. The van der Waals surface area contributed by atoms with Gasteiger partial charge in [-0.2, -0.15) is 0 Å². The van der Waals surface area contributed by atoms with Crippen LogP contribution in [-0.2, 0) is 4.79 Å². The van der Waals surface area contributed by atoms with Crippen molar-refractivity contribution in [1.29, 1.82) is 0 Å². The number of pyridine rings is 1. The van der Waals surface area contributed by atoms with E-state index in [1.165, 1.54) is 12.3 Å². The molecule has 2 rings (SSSR count). The highest BCUT2D eigenvalue weighted by atomic mass is 16.6. The number of carbonyl (C=O) groups excluding carboxylic acids is 1. The third kappa shape index (κ3) is 2.49. The van der Waals surface area contributed by atoms with Gasteiger partial charge in [0.25, 0.3) is 5.69 Å². The number of anilines is 1. The molecule has 1 atom stereocenters. The van der Waals surface area contributed by atoms with E-state index in [4.69, 9.17) is 0 Å². The number of amides is 1. The van der Waals surface area contributed by atoms with Crippen LogP contribution in [0.15, 0.2) is 12.3 Å². The van der Waals surface area contributed by atoms with Gasteiger partial charge in [-0.25, -0.2) is 4.98 Å². The second kappa shape index (κ2) is 4.36. The van der Waals surface area contributed by atoms with Crippen LogP contribution in [0.4, 0.5) is 11.5 Å². The van der Waals surface area contributed by atoms with Gasteiger partial charge in [0, 0.05) is 19.0 Å². The topological polar surface area (TPSA) is 97.2 Å². The SMILES string of the molecule is Cc1cc([N+](=O)[O-])cnc1NC1CNC(=O)C1. The summed E-state index contributed by atoms with van der Waals surface area (Å²) in [6.45, 7) is 2.30. The first-order valence-corrected chi connectivity index (χ1v) is 5.20. The molecule has 1 aliphatic heterocycles. The Kier molecular flexibility index (Phi) is 2.90. The van der Waals surface area contributed by atoms with Crippen LogP contribution < -0.4 is 10.6 Å². The molecular weight excluding hydrogens is 224 g/mol. The zero-order chi connectivity index (χ0) is 12.4. The molecule has 0 radical (unpaired) electrons. The van der Waals surface area contributed by atoms with Gasteiger partial charge < -0.3 is 10.6 Å². The molecule has 2 N–H and O–H groups in total. The smallest absolute Gasteiger partial charge is 0.287 e. The van der Waals surface area contributed by atoms with E-state index >= 15 is 0 Å².